The van der Waals surface area contributed by atoms with Crippen LogP contribution in [0.15, 0.2) is 24.3 Å². The van der Waals surface area contributed by atoms with Crippen molar-refractivity contribution in [3.63, 3.8) is 0 Å². The fourth-order valence-electron chi connectivity index (χ4n) is 1.18. The van der Waals surface area contributed by atoms with Crippen LogP contribution < -0.4 is 5.46 Å². The second kappa shape index (κ2) is 5.21. The molecule has 0 unspecified atom stereocenters. The summed E-state index contributed by atoms with van der Waals surface area (Å²) < 4.78 is 5.74. The average molecular weight is 236 g/mol. The van der Waals surface area contributed by atoms with Crippen molar-refractivity contribution >= 4 is 12.9 Å². The molecule has 0 heterocycles. The van der Waals surface area contributed by atoms with E-state index in [2.05, 4.69) is 0 Å². The van der Waals surface area contributed by atoms with Gasteiger partial charge in [-0.3, -0.25) is 0 Å². The fourth-order valence-corrected chi connectivity index (χ4v) is 1.18. The summed E-state index contributed by atoms with van der Waals surface area (Å²) in [5, 5.41) is 18.9. The van der Waals surface area contributed by atoms with Gasteiger partial charge < -0.3 is 14.9 Å². The number of aliphatic hydroxyl groups excluding tert-OH is 1. The quantitative estimate of drug-likeness (QED) is 0.740. The average Bonchev–Trinajstić information content (AvgIpc) is 2.25. The Morgan fingerprint density at radius 3 is 2.06 bits per heavy atom. The molecule has 0 radical (unpaired) electrons. The number of aliphatic hydroxyl groups is 2. The summed E-state index contributed by atoms with van der Waals surface area (Å²) in [6.07, 6.45) is 0. The van der Waals surface area contributed by atoms with E-state index in [0.29, 0.717) is 7.48 Å². The number of rotatable bonds is 5. The molecule has 3 nitrogen and oxygen atoms in total. The normalized spacial score (nSPS) is 12.6. The molecular formula is C13H21BO3. The number of hydrogen-bond donors (Lipinski definition) is 2. The summed E-state index contributed by atoms with van der Waals surface area (Å²) >= 11 is 0. The van der Waals surface area contributed by atoms with Gasteiger partial charge in [0.2, 0.25) is 0 Å². The van der Waals surface area contributed by atoms with Crippen molar-refractivity contribution in [3.05, 3.63) is 29.8 Å². The van der Waals surface area contributed by atoms with Crippen LogP contribution in [0, 0.1) is 0 Å². The topological polar surface area (TPSA) is 49.7 Å². The van der Waals surface area contributed by atoms with Crippen LogP contribution in [0.5, 0.6) is 0 Å². The Kier molecular flexibility index (Phi) is 4.36. The van der Waals surface area contributed by atoms with Gasteiger partial charge in [-0.2, -0.15) is 0 Å². The first kappa shape index (κ1) is 14.2. The van der Waals surface area contributed by atoms with Gasteiger partial charge in [-0.25, -0.2) is 0 Å². The molecule has 0 amide bonds. The molecule has 0 aliphatic carbocycles. The van der Waals surface area contributed by atoms with Crippen LogP contribution in [-0.4, -0.2) is 28.9 Å². The Morgan fingerprint density at radius 1 is 1.12 bits per heavy atom. The summed E-state index contributed by atoms with van der Waals surface area (Å²) in [6.45, 7) is 7.27. The molecule has 2 N–H and O–H groups in total. The van der Waals surface area contributed by atoms with Crippen LogP contribution in [-0.2, 0) is 11.3 Å². The van der Waals surface area contributed by atoms with Crippen molar-refractivity contribution in [2.75, 3.05) is 0 Å². The second-order valence-electron chi connectivity index (χ2n) is 5.33. The van der Waals surface area contributed by atoms with E-state index in [1.54, 1.807) is 13.8 Å². The fraction of sp³-hybridized carbons (Fsp3) is 0.538. The first-order chi connectivity index (χ1) is 7.76. The maximum Gasteiger partial charge on any atom is 0.309 e. The third-order valence-corrected chi connectivity index (χ3v) is 3.28. The monoisotopic (exact) mass is 236 g/mol. The van der Waals surface area contributed by atoms with Gasteiger partial charge >= 0.3 is 7.48 Å². The minimum absolute atomic E-state index is 0.0519. The number of benzene rings is 1. The largest absolute Gasteiger partial charge is 0.427 e. The van der Waals surface area contributed by atoms with E-state index in [0.717, 1.165) is 11.0 Å². The molecule has 17 heavy (non-hydrogen) atoms. The van der Waals surface area contributed by atoms with Crippen LogP contribution in [0.1, 0.15) is 33.3 Å². The molecule has 0 atom stereocenters. The van der Waals surface area contributed by atoms with Gasteiger partial charge in [-0.15, -0.1) is 0 Å². The van der Waals surface area contributed by atoms with E-state index in [1.165, 1.54) is 0 Å². The molecule has 0 saturated carbocycles. The Labute approximate surface area is 104 Å². The maximum atomic E-state index is 9.95. The minimum atomic E-state index is -0.891. The van der Waals surface area contributed by atoms with E-state index in [-0.39, 0.29) is 6.61 Å². The van der Waals surface area contributed by atoms with E-state index in [9.17, 15) is 5.11 Å². The van der Waals surface area contributed by atoms with Crippen LogP contribution >= 0.6 is 0 Å². The first-order valence-electron chi connectivity index (χ1n) is 5.81. The van der Waals surface area contributed by atoms with E-state index >= 15 is 0 Å². The van der Waals surface area contributed by atoms with Crippen molar-refractivity contribution in [2.45, 2.75) is 45.5 Å². The minimum Gasteiger partial charge on any atom is -0.427 e. The molecule has 0 saturated heterocycles. The Morgan fingerprint density at radius 2 is 1.65 bits per heavy atom. The zero-order chi connectivity index (χ0) is 13.1. The molecule has 4 heteroatoms. The smallest absolute Gasteiger partial charge is 0.309 e. The zero-order valence-corrected chi connectivity index (χ0v) is 11.0. The van der Waals surface area contributed by atoms with Gasteiger partial charge in [0.25, 0.3) is 0 Å². The molecule has 0 aromatic heterocycles. The standard InChI is InChI=1S/C13H21BO3/c1-12(2,16)13(3,4)17-14-11-7-5-10(9-15)6-8-11/h5-8,14-16H,9H2,1-4H3. The Bertz CT molecular complexity index is 352. The summed E-state index contributed by atoms with van der Waals surface area (Å²) in [6, 6.07) is 7.59. The van der Waals surface area contributed by atoms with E-state index < -0.39 is 11.2 Å². The molecule has 94 valence electrons. The molecule has 0 spiro atoms. The molecule has 0 aliphatic heterocycles. The predicted octanol–water partition coefficient (Wildman–Crippen LogP) is 0.722. The van der Waals surface area contributed by atoms with Crippen LogP contribution in [0.4, 0.5) is 0 Å². The summed E-state index contributed by atoms with van der Waals surface area (Å²) in [4.78, 5) is 0. The lowest BCUT2D eigenvalue weighted by Gasteiger charge is -2.37. The Balaban J connectivity index is 2.61. The maximum absolute atomic E-state index is 9.95. The first-order valence-corrected chi connectivity index (χ1v) is 5.81. The predicted molar refractivity (Wildman–Crippen MR) is 70.6 cm³/mol. The van der Waals surface area contributed by atoms with E-state index in [1.807, 2.05) is 38.1 Å². The van der Waals surface area contributed by atoms with Crippen molar-refractivity contribution in [1.29, 1.82) is 0 Å². The lowest BCUT2D eigenvalue weighted by Crippen LogP contribution is -2.49. The van der Waals surface area contributed by atoms with Crippen LogP contribution in [0.2, 0.25) is 0 Å². The zero-order valence-electron chi connectivity index (χ0n) is 11.0. The van der Waals surface area contributed by atoms with Gasteiger partial charge in [-0.1, -0.05) is 29.7 Å². The van der Waals surface area contributed by atoms with E-state index in [4.69, 9.17) is 9.76 Å². The van der Waals surface area contributed by atoms with Crippen LogP contribution in [0.3, 0.4) is 0 Å². The molecule has 1 rings (SSSR count). The molecule has 1 aromatic carbocycles. The van der Waals surface area contributed by atoms with Gasteiger partial charge in [0.05, 0.1) is 17.8 Å². The van der Waals surface area contributed by atoms with Crippen molar-refractivity contribution in [1.82, 2.24) is 0 Å². The number of hydrogen-bond acceptors (Lipinski definition) is 3. The molecule has 1 aromatic rings. The summed E-state index contributed by atoms with van der Waals surface area (Å²) in [5.41, 5.74) is 0.413. The summed E-state index contributed by atoms with van der Waals surface area (Å²) in [5.74, 6) is 0. The Hall–Kier alpha value is -0.835. The molecule has 0 bridgehead atoms. The highest BCUT2D eigenvalue weighted by molar-refractivity contribution is 6.47. The summed E-state index contributed by atoms with van der Waals surface area (Å²) in [7, 11) is 0.447. The van der Waals surface area contributed by atoms with Crippen LogP contribution in [0.25, 0.3) is 0 Å². The van der Waals surface area contributed by atoms with Crippen molar-refractivity contribution in [3.8, 4) is 0 Å². The third kappa shape index (κ3) is 3.84. The second-order valence-corrected chi connectivity index (χ2v) is 5.33. The third-order valence-electron chi connectivity index (χ3n) is 3.28. The lowest BCUT2D eigenvalue weighted by molar-refractivity contribution is -0.0893. The van der Waals surface area contributed by atoms with Gasteiger partial charge in [0, 0.05) is 0 Å². The lowest BCUT2D eigenvalue weighted by atomic mass is 9.82. The SMILES string of the molecule is CC(C)(O)C(C)(C)OBc1ccc(CO)cc1. The highest BCUT2D eigenvalue weighted by atomic mass is 16.5. The highest BCUT2D eigenvalue weighted by Crippen LogP contribution is 2.24. The molecular weight excluding hydrogens is 215 g/mol. The van der Waals surface area contributed by atoms with Crippen molar-refractivity contribution in [2.24, 2.45) is 0 Å². The van der Waals surface area contributed by atoms with Gasteiger partial charge in [0.15, 0.2) is 0 Å². The van der Waals surface area contributed by atoms with Gasteiger partial charge in [0.1, 0.15) is 0 Å². The molecule has 0 fully saturated rings. The molecule has 0 aliphatic rings. The van der Waals surface area contributed by atoms with Gasteiger partial charge in [-0.05, 0) is 33.3 Å². The van der Waals surface area contributed by atoms with Crippen molar-refractivity contribution < 1.29 is 14.9 Å². The highest BCUT2D eigenvalue weighted by Gasteiger charge is 2.35.